The van der Waals surface area contributed by atoms with E-state index in [1.54, 1.807) is 20.8 Å². The number of methoxy groups -OCH3 is 1. The van der Waals surface area contributed by atoms with Gasteiger partial charge in [-0.3, -0.25) is 9.64 Å². The molecular weight excluding hydrogens is 295 g/mol. The number of likely N-dealkylation sites (tertiary alicyclic amines) is 1. The number of nitrogens with zero attached hydrogens (tertiary/aromatic N) is 1. The molecule has 21 heavy (non-hydrogen) atoms. The lowest BCUT2D eigenvalue weighted by molar-refractivity contribution is -0.340. The highest BCUT2D eigenvalue weighted by Crippen LogP contribution is 2.29. The molecule has 0 radical (unpaired) electrons. The molecule has 2 atom stereocenters. The van der Waals surface area contributed by atoms with Crippen LogP contribution in [-0.2, 0) is 19.0 Å². The van der Waals surface area contributed by atoms with Gasteiger partial charge in [0.05, 0.1) is 19.8 Å². The summed E-state index contributed by atoms with van der Waals surface area (Å²) >= 11 is 0. The Kier molecular flexibility index (Phi) is 5.08. The molecular formula is C12H18F3NO5. The first-order chi connectivity index (χ1) is 9.43. The van der Waals surface area contributed by atoms with E-state index in [0.29, 0.717) is 0 Å². The molecule has 9 heteroatoms. The zero-order valence-corrected chi connectivity index (χ0v) is 12.2. The highest BCUT2D eigenvalue weighted by Gasteiger charge is 2.46. The molecule has 0 aromatic heterocycles. The molecule has 1 heterocycles. The summed E-state index contributed by atoms with van der Waals surface area (Å²) in [5.74, 6) is -0.811. The fourth-order valence-corrected chi connectivity index (χ4v) is 1.95. The average Bonchev–Trinajstić information content (AvgIpc) is 2.67. The Balaban J connectivity index is 2.83. The van der Waals surface area contributed by atoms with Crippen LogP contribution >= 0.6 is 0 Å². The highest BCUT2D eigenvalue weighted by molar-refractivity contribution is 5.82. The largest absolute Gasteiger partial charge is 0.522 e. The van der Waals surface area contributed by atoms with Crippen LogP contribution < -0.4 is 0 Å². The van der Waals surface area contributed by atoms with Gasteiger partial charge in [-0.2, -0.15) is 0 Å². The van der Waals surface area contributed by atoms with Crippen molar-refractivity contribution < 1.29 is 37.0 Å². The summed E-state index contributed by atoms with van der Waals surface area (Å²) in [7, 11) is 1.09. The van der Waals surface area contributed by atoms with Crippen molar-refractivity contribution in [1.29, 1.82) is 0 Å². The maximum absolute atomic E-state index is 12.2. The van der Waals surface area contributed by atoms with E-state index in [4.69, 9.17) is 4.74 Å². The van der Waals surface area contributed by atoms with Crippen LogP contribution in [0.3, 0.4) is 0 Å². The highest BCUT2D eigenvalue weighted by atomic mass is 19.4. The van der Waals surface area contributed by atoms with Gasteiger partial charge in [0.2, 0.25) is 0 Å². The first-order valence-electron chi connectivity index (χ1n) is 6.25. The molecule has 0 aromatic carbocycles. The predicted molar refractivity (Wildman–Crippen MR) is 64.3 cm³/mol. The third-order valence-electron chi connectivity index (χ3n) is 2.66. The maximum atomic E-state index is 12.2. The minimum absolute atomic E-state index is 0.300. The van der Waals surface area contributed by atoms with Crippen LogP contribution in [0.4, 0.5) is 18.0 Å². The molecule has 122 valence electrons. The second kappa shape index (κ2) is 6.08. The van der Waals surface area contributed by atoms with Crippen LogP contribution in [0.25, 0.3) is 0 Å². The molecule has 1 fully saturated rings. The van der Waals surface area contributed by atoms with Crippen molar-refractivity contribution in [1.82, 2.24) is 4.90 Å². The Morgan fingerprint density at radius 2 is 1.76 bits per heavy atom. The quantitative estimate of drug-likeness (QED) is 0.730. The van der Waals surface area contributed by atoms with E-state index < -0.39 is 42.7 Å². The molecule has 6 nitrogen and oxygen atoms in total. The van der Waals surface area contributed by atoms with Gasteiger partial charge in [0.1, 0.15) is 11.6 Å². The van der Waals surface area contributed by atoms with E-state index in [9.17, 15) is 22.8 Å². The Labute approximate surface area is 120 Å². The van der Waals surface area contributed by atoms with Crippen LogP contribution in [0.2, 0.25) is 0 Å². The summed E-state index contributed by atoms with van der Waals surface area (Å²) in [5, 5.41) is 0. The summed E-state index contributed by atoms with van der Waals surface area (Å²) in [4.78, 5) is 24.5. The number of rotatable bonds is 2. The Bertz CT molecular complexity index is 405. The second-order valence-corrected chi connectivity index (χ2v) is 5.59. The fraction of sp³-hybridized carbons (Fsp3) is 0.833. The lowest BCUT2D eigenvalue weighted by atomic mass is 10.2. The van der Waals surface area contributed by atoms with Gasteiger partial charge in [-0.15, -0.1) is 13.2 Å². The predicted octanol–water partition coefficient (Wildman–Crippen LogP) is 2.07. The second-order valence-electron chi connectivity index (χ2n) is 5.59. The Hall–Kier alpha value is -1.51. The monoisotopic (exact) mass is 313 g/mol. The van der Waals surface area contributed by atoms with E-state index in [-0.39, 0.29) is 6.42 Å². The number of amides is 1. The van der Waals surface area contributed by atoms with Crippen molar-refractivity contribution in [3.8, 4) is 0 Å². The van der Waals surface area contributed by atoms with E-state index in [1.807, 2.05) is 0 Å². The zero-order valence-electron chi connectivity index (χ0n) is 12.2. The lowest BCUT2D eigenvalue weighted by Gasteiger charge is -2.27. The molecule has 1 amide bonds. The third kappa shape index (κ3) is 5.41. The van der Waals surface area contributed by atoms with Crippen molar-refractivity contribution >= 4 is 12.1 Å². The molecule has 1 aliphatic heterocycles. The van der Waals surface area contributed by atoms with Crippen LogP contribution in [-0.4, -0.2) is 54.7 Å². The van der Waals surface area contributed by atoms with E-state index >= 15 is 0 Å². The normalized spacial score (nSPS) is 23.1. The molecule has 0 saturated carbocycles. The minimum Gasteiger partial charge on any atom is -0.467 e. The van der Waals surface area contributed by atoms with Gasteiger partial charge in [-0.05, 0) is 20.8 Å². The number of carbonyl (C=O) groups excluding carboxylic acids is 2. The number of esters is 1. The number of hydrogen-bond donors (Lipinski definition) is 0. The van der Waals surface area contributed by atoms with Crippen LogP contribution in [0.15, 0.2) is 0 Å². The summed E-state index contributed by atoms with van der Waals surface area (Å²) < 4.78 is 50.2. The van der Waals surface area contributed by atoms with Crippen LogP contribution in [0.5, 0.6) is 0 Å². The summed E-state index contributed by atoms with van der Waals surface area (Å²) in [6, 6.07) is -1.16. The number of halogens is 3. The van der Waals surface area contributed by atoms with Gasteiger partial charge in [0, 0.05) is 6.42 Å². The average molecular weight is 313 g/mol. The topological polar surface area (TPSA) is 65.1 Å². The molecule has 0 bridgehead atoms. The van der Waals surface area contributed by atoms with Gasteiger partial charge in [0.15, 0.2) is 0 Å². The van der Waals surface area contributed by atoms with Crippen molar-refractivity contribution in [2.75, 3.05) is 13.7 Å². The van der Waals surface area contributed by atoms with E-state index in [1.165, 1.54) is 0 Å². The van der Waals surface area contributed by atoms with Gasteiger partial charge >= 0.3 is 18.4 Å². The fourth-order valence-electron chi connectivity index (χ4n) is 1.95. The third-order valence-corrected chi connectivity index (χ3v) is 2.66. The van der Waals surface area contributed by atoms with Gasteiger partial charge < -0.3 is 9.47 Å². The zero-order chi connectivity index (χ0) is 16.4. The van der Waals surface area contributed by atoms with Crippen molar-refractivity contribution in [2.45, 2.75) is 51.3 Å². The molecule has 0 unspecified atom stereocenters. The van der Waals surface area contributed by atoms with Crippen LogP contribution in [0.1, 0.15) is 27.2 Å². The number of carbonyl (C=O) groups is 2. The minimum atomic E-state index is -4.84. The van der Waals surface area contributed by atoms with E-state index in [2.05, 4.69) is 9.47 Å². The molecule has 1 saturated heterocycles. The Morgan fingerprint density at radius 1 is 1.19 bits per heavy atom. The van der Waals surface area contributed by atoms with Gasteiger partial charge in [0.25, 0.3) is 0 Å². The first-order valence-corrected chi connectivity index (χ1v) is 6.25. The smallest absolute Gasteiger partial charge is 0.467 e. The summed E-state index contributed by atoms with van der Waals surface area (Å²) in [6.45, 7) is 4.43. The molecule has 1 aliphatic rings. The van der Waals surface area contributed by atoms with Crippen molar-refractivity contribution in [3.63, 3.8) is 0 Å². The number of alkyl halides is 3. The SMILES string of the molecule is COC(=O)[C@@H]1C[C@@H](OC(F)(F)F)CN1C(=O)OC(C)(C)C. The standard InChI is InChI=1S/C12H18F3NO5/c1-11(2,3)21-10(18)16-6-7(20-12(13,14)15)5-8(16)9(17)19-4/h7-8H,5-6H2,1-4H3/t7-,8+/m1/s1. The summed E-state index contributed by atoms with van der Waals surface area (Å²) in [5.41, 5.74) is -0.833. The summed E-state index contributed by atoms with van der Waals surface area (Å²) in [6.07, 6.45) is -7.35. The first kappa shape index (κ1) is 17.5. The maximum Gasteiger partial charge on any atom is 0.522 e. The molecule has 0 aliphatic carbocycles. The van der Waals surface area contributed by atoms with E-state index in [0.717, 1.165) is 12.0 Å². The lowest BCUT2D eigenvalue weighted by Crippen LogP contribution is -2.44. The number of hydrogen-bond acceptors (Lipinski definition) is 5. The molecule has 0 spiro atoms. The van der Waals surface area contributed by atoms with Crippen LogP contribution in [0, 0.1) is 0 Å². The molecule has 1 rings (SSSR count). The molecule has 0 N–H and O–H groups in total. The molecule has 0 aromatic rings. The van der Waals surface area contributed by atoms with Crippen molar-refractivity contribution in [2.24, 2.45) is 0 Å². The van der Waals surface area contributed by atoms with Gasteiger partial charge in [-0.1, -0.05) is 0 Å². The van der Waals surface area contributed by atoms with Gasteiger partial charge in [-0.25, -0.2) is 9.59 Å². The Morgan fingerprint density at radius 3 is 2.19 bits per heavy atom. The number of ether oxygens (including phenoxy) is 3. The van der Waals surface area contributed by atoms with Crippen molar-refractivity contribution in [3.05, 3.63) is 0 Å².